The largest absolute Gasteiger partial charge is 0.350 e. The molecule has 1 rings (SSSR count). The molecule has 0 saturated carbocycles. The van der Waals surface area contributed by atoms with E-state index in [0.717, 1.165) is 24.7 Å². The highest BCUT2D eigenvalue weighted by atomic mass is 16.7. The molecule has 1 fully saturated rings. The molecule has 1 heterocycles. The van der Waals surface area contributed by atoms with Crippen LogP contribution in [0.1, 0.15) is 19.8 Å². The molecule has 1 aliphatic rings. The van der Waals surface area contributed by atoms with Crippen molar-refractivity contribution in [2.75, 3.05) is 13.2 Å². The summed E-state index contributed by atoms with van der Waals surface area (Å²) in [7, 11) is 0. The highest BCUT2D eigenvalue weighted by Crippen LogP contribution is 2.10. The maximum Gasteiger partial charge on any atom is 0.158 e. The third-order valence-corrected chi connectivity index (χ3v) is 1.75. The predicted octanol–water partition coefficient (Wildman–Crippen LogP) is 1.28. The molecule has 0 N–H and O–H groups in total. The van der Waals surface area contributed by atoms with Gasteiger partial charge in [0.1, 0.15) is 6.29 Å². The molecule has 0 unspecified atom stereocenters. The number of carbonyl (C=O) groups excluding carboxylic acids is 1. The Balaban J connectivity index is 2.12. The molecule has 3 heteroatoms. The molecule has 0 aromatic heterocycles. The van der Waals surface area contributed by atoms with Gasteiger partial charge >= 0.3 is 0 Å². The summed E-state index contributed by atoms with van der Waals surface area (Å²) in [4.78, 5) is 10.2. The van der Waals surface area contributed by atoms with Crippen LogP contribution in [0.3, 0.4) is 0 Å². The monoisotopic (exact) mass is 170 g/mol. The Morgan fingerprint density at radius 3 is 2.75 bits per heavy atom. The van der Waals surface area contributed by atoms with Gasteiger partial charge < -0.3 is 9.47 Å². The molecular formula is C9H14O3. The summed E-state index contributed by atoms with van der Waals surface area (Å²) < 4.78 is 10.5. The zero-order chi connectivity index (χ0) is 8.81. The fourth-order valence-electron chi connectivity index (χ4n) is 1.07. The summed E-state index contributed by atoms with van der Waals surface area (Å²) in [5.41, 5.74) is 0.771. The van der Waals surface area contributed by atoms with E-state index in [2.05, 4.69) is 0 Å². The maximum atomic E-state index is 10.2. The average molecular weight is 170 g/mol. The van der Waals surface area contributed by atoms with E-state index in [9.17, 15) is 4.79 Å². The topological polar surface area (TPSA) is 35.5 Å². The van der Waals surface area contributed by atoms with Gasteiger partial charge in [0, 0.05) is 6.42 Å². The van der Waals surface area contributed by atoms with Crippen LogP contribution in [0.25, 0.3) is 0 Å². The molecule has 0 spiro atoms. The number of allylic oxidation sites excluding steroid dienone is 2. The molecule has 68 valence electrons. The normalized spacial score (nSPS) is 19.9. The van der Waals surface area contributed by atoms with E-state index in [4.69, 9.17) is 9.47 Å². The Labute approximate surface area is 72.4 Å². The SMILES string of the molecule is C/C(C=O)=C\CCC1OCCO1. The second kappa shape index (κ2) is 5.06. The lowest BCUT2D eigenvalue weighted by atomic mass is 10.2. The maximum absolute atomic E-state index is 10.2. The van der Waals surface area contributed by atoms with Crippen molar-refractivity contribution >= 4 is 6.29 Å². The lowest BCUT2D eigenvalue weighted by Gasteiger charge is -2.05. The van der Waals surface area contributed by atoms with Crippen molar-refractivity contribution in [3.05, 3.63) is 11.6 Å². The van der Waals surface area contributed by atoms with Crippen LogP contribution in [0.2, 0.25) is 0 Å². The Hall–Kier alpha value is -0.670. The van der Waals surface area contributed by atoms with Crippen LogP contribution in [0, 0.1) is 0 Å². The van der Waals surface area contributed by atoms with Gasteiger partial charge in [-0.05, 0) is 18.9 Å². The van der Waals surface area contributed by atoms with E-state index in [-0.39, 0.29) is 6.29 Å². The first kappa shape index (κ1) is 9.42. The minimum absolute atomic E-state index is 0.0549. The fourth-order valence-corrected chi connectivity index (χ4v) is 1.07. The molecule has 0 radical (unpaired) electrons. The fraction of sp³-hybridized carbons (Fsp3) is 0.667. The average Bonchev–Trinajstić information content (AvgIpc) is 2.57. The summed E-state index contributed by atoms with van der Waals surface area (Å²) in [5.74, 6) is 0. The zero-order valence-corrected chi connectivity index (χ0v) is 7.29. The second-order valence-electron chi connectivity index (χ2n) is 2.81. The first-order chi connectivity index (χ1) is 5.83. The van der Waals surface area contributed by atoms with Crippen LogP contribution in [0.15, 0.2) is 11.6 Å². The van der Waals surface area contributed by atoms with Crippen molar-refractivity contribution < 1.29 is 14.3 Å². The highest BCUT2D eigenvalue weighted by Gasteiger charge is 2.13. The molecule has 0 amide bonds. The standard InChI is InChI=1S/C9H14O3/c1-8(7-10)3-2-4-9-11-5-6-12-9/h3,7,9H,2,4-6H2,1H3/b8-3+. The number of hydrogen-bond donors (Lipinski definition) is 0. The number of aldehydes is 1. The van der Waals surface area contributed by atoms with Crippen molar-refractivity contribution in [3.63, 3.8) is 0 Å². The van der Waals surface area contributed by atoms with Gasteiger partial charge in [0.15, 0.2) is 6.29 Å². The third kappa shape index (κ3) is 3.15. The molecule has 1 saturated heterocycles. The van der Waals surface area contributed by atoms with Crippen LogP contribution in [-0.2, 0) is 14.3 Å². The molecule has 0 atom stereocenters. The number of rotatable bonds is 4. The van der Waals surface area contributed by atoms with Gasteiger partial charge in [-0.1, -0.05) is 6.08 Å². The van der Waals surface area contributed by atoms with Crippen LogP contribution in [0.5, 0.6) is 0 Å². The van der Waals surface area contributed by atoms with Gasteiger partial charge in [0.25, 0.3) is 0 Å². The van der Waals surface area contributed by atoms with E-state index in [1.807, 2.05) is 6.08 Å². The summed E-state index contributed by atoms with van der Waals surface area (Å²) in [6, 6.07) is 0. The second-order valence-corrected chi connectivity index (χ2v) is 2.81. The molecule has 12 heavy (non-hydrogen) atoms. The highest BCUT2D eigenvalue weighted by molar-refractivity contribution is 5.71. The van der Waals surface area contributed by atoms with Gasteiger partial charge in [0.2, 0.25) is 0 Å². The van der Waals surface area contributed by atoms with Crippen molar-refractivity contribution in [3.8, 4) is 0 Å². The lowest BCUT2D eigenvalue weighted by Crippen LogP contribution is -2.06. The van der Waals surface area contributed by atoms with Gasteiger partial charge in [-0.15, -0.1) is 0 Å². The summed E-state index contributed by atoms with van der Waals surface area (Å²) in [6.45, 7) is 3.19. The minimum Gasteiger partial charge on any atom is -0.350 e. The molecule has 0 bridgehead atoms. The van der Waals surface area contributed by atoms with E-state index in [1.54, 1.807) is 6.92 Å². The quantitative estimate of drug-likeness (QED) is 0.471. The van der Waals surface area contributed by atoms with E-state index < -0.39 is 0 Å². The van der Waals surface area contributed by atoms with E-state index >= 15 is 0 Å². The molecular weight excluding hydrogens is 156 g/mol. The van der Waals surface area contributed by atoms with Crippen LogP contribution < -0.4 is 0 Å². The first-order valence-corrected chi connectivity index (χ1v) is 4.18. The van der Waals surface area contributed by atoms with E-state index in [1.165, 1.54) is 0 Å². The van der Waals surface area contributed by atoms with Gasteiger partial charge in [-0.2, -0.15) is 0 Å². The van der Waals surface area contributed by atoms with Crippen molar-refractivity contribution in [1.82, 2.24) is 0 Å². The molecule has 0 aromatic carbocycles. The Morgan fingerprint density at radius 1 is 1.50 bits per heavy atom. The zero-order valence-electron chi connectivity index (χ0n) is 7.29. The van der Waals surface area contributed by atoms with E-state index in [0.29, 0.717) is 13.2 Å². The van der Waals surface area contributed by atoms with Crippen LogP contribution in [0.4, 0.5) is 0 Å². The summed E-state index contributed by atoms with van der Waals surface area (Å²) in [6.07, 6.45) is 4.38. The molecule has 3 nitrogen and oxygen atoms in total. The lowest BCUT2D eigenvalue weighted by molar-refractivity contribution is -0.104. The first-order valence-electron chi connectivity index (χ1n) is 4.18. The molecule has 0 aromatic rings. The summed E-state index contributed by atoms with van der Waals surface area (Å²) >= 11 is 0. The molecule has 0 aliphatic carbocycles. The van der Waals surface area contributed by atoms with Crippen LogP contribution >= 0.6 is 0 Å². The van der Waals surface area contributed by atoms with Gasteiger partial charge in [-0.3, -0.25) is 4.79 Å². The van der Waals surface area contributed by atoms with Gasteiger partial charge in [0.05, 0.1) is 13.2 Å². The van der Waals surface area contributed by atoms with Gasteiger partial charge in [-0.25, -0.2) is 0 Å². The Bertz CT molecular complexity index is 169. The van der Waals surface area contributed by atoms with Crippen molar-refractivity contribution in [2.45, 2.75) is 26.1 Å². The number of ether oxygens (including phenoxy) is 2. The minimum atomic E-state index is -0.0549. The molecule has 1 aliphatic heterocycles. The Morgan fingerprint density at radius 2 is 2.17 bits per heavy atom. The predicted molar refractivity (Wildman–Crippen MR) is 44.7 cm³/mol. The van der Waals surface area contributed by atoms with Crippen molar-refractivity contribution in [1.29, 1.82) is 0 Å². The summed E-state index contributed by atoms with van der Waals surface area (Å²) in [5, 5.41) is 0. The number of carbonyl (C=O) groups is 1. The smallest absolute Gasteiger partial charge is 0.158 e. The Kier molecular flexibility index (Phi) is 3.97. The van der Waals surface area contributed by atoms with Crippen molar-refractivity contribution in [2.24, 2.45) is 0 Å². The third-order valence-electron chi connectivity index (χ3n) is 1.75. The van der Waals surface area contributed by atoms with Crippen LogP contribution in [-0.4, -0.2) is 25.8 Å². The number of hydrogen-bond acceptors (Lipinski definition) is 3.